The van der Waals surface area contributed by atoms with Crippen LogP contribution in [0.15, 0.2) is 0 Å². The first-order chi connectivity index (χ1) is 31.3. The van der Waals surface area contributed by atoms with Gasteiger partial charge in [0.2, 0.25) is 0 Å². The lowest BCUT2D eigenvalue weighted by molar-refractivity contribution is -0.139. The van der Waals surface area contributed by atoms with E-state index in [2.05, 4.69) is 6.92 Å². The molecule has 4 atom stereocenters. The summed E-state index contributed by atoms with van der Waals surface area (Å²) in [7, 11) is -13.7. The summed E-state index contributed by atoms with van der Waals surface area (Å²) in [5.41, 5.74) is 0. The zero-order valence-corrected chi connectivity index (χ0v) is 45.1. The van der Waals surface area contributed by atoms with Gasteiger partial charge in [-0.15, -0.1) is 0 Å². The maximum Gasteiger partial charge on any atom is 0.273 e. The summed E-state index contributed by atoms with van der Waals surface area (Å²) in [5, 5.41) is 27.4. The van der Waals surface area contributed by atoms with E-state index in [0.717, 1.165) is 64.4 Å². The molecule has 0 amide bonds. The van der Waals surface area contributed by atoms with E-state index in [9.17, 15) is 43.9 Å². The molecule has 0 unspecified atom stereocenters. The molecule has 2 aliphatic heterocycles. The van der Waals surface area contributed by atoms with E-state index in [4.69, 9.17) is 36.0 Å². The quantitative estimate of drug-likeness (QED) is 0.0381. The minimum absolute atomic E-state index is 0. The molecule has 6 aliphatic rings. The lowest BCUT2D eigenvalue weighted by atomic mass is 10.1. The van der Waals surface area contributed by atoms with Crippen LogP contribution in [0.5, 0.6) is 0 Å². The Morgan fingerprint density at radius 2 is 0.956 bits per heavy atom. The van der Waals surface area contributed by atoms with Crippen molar-refractivity contribution < 1.29 is 79.9 Å². The molecule has 4 aliphatic carbocycles. The first-order valence-electron chi connectivity index (χ1n) is 24.8. The first kappa shape index (κ1) is 65.4. The molecular weight excluding hydrogens is 969 g/mol. The highest BCUT2D eigenvalue weighted by Gasteiger charge is 2.58. The molecule has 0 bridgehead atoms. The molecule has 2 saturated heterocycles. The summed E-state index contributed by atoms with van der Waals surface area (Å²) in [6.07, 6.45) is 13.5. The Morgan fingerprint density at radius 1 is 0.574 bits per heavy atom. The summed E-state index contributed by atoms with van der Waals surface area (Å²) in [4.78, 5) is 0. The van der Waals surface area contributed by atoms with Gasteiger partial charge in [0.25, 0.3) is 40.5 Å². The Balaban J connectivity index is 0.000000441. The fraction of sp³-hybridized carbons (Fsp3) is 1.00. The van der Waals surface area contributed by atoms with Gasteiger partial charge in [0.15, 0.2) is 5.79 Å². The number of ether oxygens (including phenoxy) is 3. The molecule has 68 heavy (non-hydrogen) atoms. The van der Waals surface area contributed by atoms with E-state index in [1.807, 2.05) is 48.5 Å². The molecule has 6 fully saturated rings. The second-order valence-corrected chi connectivity index (χ2v) is 27.0. The molecule has 18 nitrogen and oxygen atoms in total. The lowest BCUT2D eigenvalue weighted by Crippen LogP contribution is -2.32. The summed E-state index contributed by atoms with van der Waals surface area (Å²) < 4.78 is 127. The van der Waals surface area contributed by atoms with Gasteiger partial charge in [-0.1, -0.05) is 74.7 Å². The van der Waals surface area contributed by atoms with E-state index >= 15 is 0 Å². The molecule has 0 aromatic heterocycles. The topological polar surface area (TPSA) is 265 Å². The molecule has 0 spiro atoms. The number of hydrogen-bond acceptors (Lipinski definition) is 18. The van der Waals surface area contributed by atoms with E-state index in [1.54, 1.807) is 0 Å². The molecule has 0 aromatic carbocycles. The Kier molecular flexibility index (Phi) is 28.8. The molecule has 22 heteroatoms. The van der Waals surface area contributed by atoms with Crippen molar-refractivity contribution >= 4 is 40.5 Å². The molecule has 3 N–H and O–H groups in total. The van der Waals surface area contributed by atoms with Crippen molar-refractivity contribution in [3.05, 3.63) is 0 Å². The minimum Gasteiger partial charge on any atom is -0.394 e. The number of rotatable bonds is 29. The van der Waals surface area contributed by atoms with Crippen LogP contribution in [0.4, 0.5) is 0 Å². The first-order valence-corrected chi connectivity index (χ1v) is 30.5. The second-order valence-electron chi connectivity index (χ2n) is 19.1. The van der Waals surface area contributed by atoms with E-state index in [-0.39, 0.29) is 45.0 Å². The lowest BCUT2D eigenvalue weighted by Gasteiger charge is -2.21. The smallest absolute Gasteiger partial charge is 0.273 e. The van der Waals surface area contributed by atoms with Gasteiger partial charge < -0.3 is 29.5 Å². The van der Waals surface area contributed by atoms with Gasteiger partial charge in [-0.2, -0.15) is 33.7 Å². The van der Waals surface area contributed by atoms with Crippen LogP contribution >= 0.6 is 0 Å². The van der Waals surface area contributed by atoms with Crippen LogP contribution in [0.2, 0.25) is 0 Å². The van der Waals surface area contributed by atoms with Crippen LogP contribution in [0.1, 0.15) is 198 Å². The monoisotopic (exact) mass is 1060 g/mol. The molecule has 6 rings (SSSR count). The molecule has 0 radical (unpaired) electrons. The summed E-state index contributed by atoms with van der Waals surface area (Å²) in [6.45, 7) is 17.8. The van der Waals surface area contributed by atoms with Crippen molar-refractivity contribution in [3.8, 4) is 0 Å². The van der Waals surface area contributed by atoms with Crippen molar-refractivity contribution in [3.63, 3.8) is 0 Å². The van der Waals surface area contributed by atoms with Crippen LogP contribution in [0.25, 0.3) is 0 Å². The Hall–Kier alpha value is -0.600. The number of aliphatic hydroxyl groups excluding tert-OH is 3. The standard InChI is InChI=1S/C13H24O5S.C11H22O4S.C10H20O5S.C7H14O3S.C4H8O.CH4/c1-4-5-8-17-19(14,15)13(6-7-13)9-11-10-16-12(2,3)18-11;1-3-5-8-15-16(13,14)11(6-7-11)9-10(12)4-2;1-2-3-6-15-16(13,14)10(4-5-10)7-9(12)8-11;1-2-3-6-10-11(8,9)7-4-5-7;1-2-4-3-5-4;/h11H,4-10H2,1-3H3;10,12H,3-9H2,1-2H3;9,11-12H,2-8H2,1H3;7H,2-6H2,1H3;4H,2-3H2,1H3;1H4/t11-;10-;9-;;4-;/m010.1./s1. The van der Waals surface area contributed by atoms with Crippen LogP contribution in [0.3, 0.4) is 0 Å². The molecule has 4 saturated carbocycles. The fourth-order valence-electron chi connectivity index (χ4n) is 6.82. The SMILES string of the molecule is C.CCCCOS(=O)(=O)C1(C[C@H](O)CC)CC1.CCCCOS(=O)(=O)C1(C[C@H](O)CO)CC1.CCCCOS(=O)(=O)C1(C[C@H]2COC(C)(C)O2)CC1.CCCCOS(=O)(=O)C1CC1.CC[C@@H]1CO1. The molecular formula is C46H92O18S4. The van der Waals surface area contributed by atoms with Crippen molar-refractivity contribution in [2.24, 2.45) is 0 Å². The van der Waals surface area contributed by atoms with Gasteiger partial charge in [0, 0.05) is 0 Å². The molecule has 408 valence electrons. The number of unbranched alkanes of at least 4 members (excludes halogenated alkanes) is 4. The minimum atomic E-state index is -3.60. The van der Waals surface area contributed by atoms with Gasteiger partial charge >= 0.3 is 0 Å². The Morgan fingerprint density at radius 3 is 1.24 bits per heavy atom. The van der Waals surface area contributed by atoms with Gasteiger partial charge in [-0.3, -0.25) is 16.7 Å². The number of aliphatic hydroxyl groups is 3. The highest BCUT2D eigenvalue weighted by atomic mass is 32.2. The Labute approximate surface area is 412 Å². The highest BCUT2D eigenvalue weighted by molar-refractivity contribution is 7.89. The van der Waals surface area contributed by atoms with Crippen molar-refractivity contribution in [2.45, 2.75) is 247 Å². The number of epoxide rings is 1. The number of hydrogen-bond donors (Lipinski definition) is 3. The van der Waals surface area contributed by atoms with Crippen molar-refractivity contribution in [1.29, 1.82) is 0 Å². The maximum absolute atomic E-state index is 12.2. The predicted molar refractivity (Wildman–Crippen MR) is 263 cm³/mol. The summed E-state index contributed by atoms with van der Waals surface area (Å²) >= 11 is 0. The summed E-state index contributed by atoms with van der Waals surface area (Å²) in [6, 6.07) is 0. The van der Waals surface area contributed by atoms with Crippen LogP contribution in [-0.2, 0) is 71.4 Å². The average molecular weight is 1060 g/mol. The van der Waals surface area contributed by atoms with E-state index < -0.39 is 79.3 Å². The van der Waals surface area contributed by atoms with Gasteiger partial charge in [0.1, 0.15) is 14.2 Å². The largest absolute Gasteiger partial charge is 0.394 e. The summed E-state index contributed by atoms with van der Waals surface area (Å²) in [5.74, 6) is -0.604. The Bertz CT molecular complexity index is 1770. The normalized spacial score (nSPS) is 23.2. The van der Waals surface area contributed by atoms with Gasteiger partial charge in [0.05, 0.1) is 75.9 Å². The fourth-order valence-corrected chi connectivity index (χ4v) is 12.8. The van der Waals surface area contributed by atoms with E-state index in [0.29, 0.717) is 83.5 Å². The zero-order chi connectivity index (χ0) is 50.6. The average Bonchev–Trinajstić information content (AvgIpc) is 4.06. The highest BCUT2D eigenvalue weighted by Crippen LogP contribution is 2.50. The maximum atomic E-state index is 12.2. The molecule has 2 heterocycles. The van der Waals surface area contributed by atoms with Gasteiger partial charge in [-0.25, -0.2) is 0 Å². The third-order valence-electron chi connectivity index (χ3n) is 12.3. The van der Waals surface area contributed by atoms with Crippen LogP contribution < -0.4 is 0 Å². The third-order valence-corrected chi connectivity index (χ3v) is 20.4. The second kappa shape index (κ2) is 29.9. The van der Waals surface area contributed by atoms with E-state index in [1.165, 1.54) is 6.42 Å². The van der Waals surface area contributed by atoms with Gasteiger partial charge in [-0.05, 0) is 123 Å². The molecule has 0 aromatic rings. The van der Waals surface area contributed by atoms with Crippen LogP contribution in [-0.4, -0.2) is 145 Å². The van der Waals surface area contributed by atoms with Crippen molar-refractivity contribution in [1.82, 2.24) is 0 Å². The zero-order valence-electron chi connectivity index (χ0n) is 41.8. The van der Waals surface area contributed by atoms with Crippen LogP contribution in [0, 0.1) is 0 Å². The predicted octanol–water partition coefficient (Wildman–Crippen LogP) is 7.17. The third kappa shape index (κ3) is 22.7. The van der Waals surface area contributed by atoms with Crippen molar-refractivity contribution in [2.75, 3.05) is 46.2 Å².